The maximum absolute atomic E-state index is 10.9. The molecule has 0 saturated heterocycles. The normalized spacial score (nSPS) is 11.2. The number of anilines is 1. The Bertz CT molecular complexity index is 559. The summed E-state index contributed by atoms with van der Waals surface area (Å²) in [6.07, 6.45) is 0.585. The van der Waals surface area contributed by atoms with Crippen LogP contribution in [-0.2, 0) is 4.74 Å². The molecule has 1 rings (SSSR count). The molecule has 0 heterocycles. The zero-order chi connectivity index (χ0) is 15.8. The summed E-state index contributed by atoms with van der Waals surface area (Å²) in [7, 11) is 0. The average molecular weight is 296 g/mol. The zero-order valence-electron chi connectivity index (χ0n) is 11.7. The summed E-state index contributed by atoms with van der Waals surface area (Å²) in [5, 5.41) is 25.5. The number of hydrazone groups is 1. The second-order valence-electron chi connectivity index (χ2n) is 4.12. The van der Waals surface area contributed by atoms with Crippen molar-refractivity contribution in [2.24, 2.45) is 5.10 Å². The van der Waals surface area contributed by atoms with Crippen LogP contribution in [0, 0.1) is 20.2 Å². The molecular weight excluding hydrogens is 280 g/mol. The van der Waals surface area contributed by atoms with Gasteiger partial charge in [-0.05, 0) is 19.9 Å². The molecule has 9 nitrogen and oxygen atoms in total. The van der Waals surface area contributed by atoms with E-state index in [0.717, 1.165) is 6.07 Å². The fourth-order valence-electron chi connectivity index (χ4n) is 1.45. The van der Waals surface area contributed by atoms with Gasteiger partial charge in [0.2, 0.25) is 0 Å². The number of benzene rings is 1. The third-order valence-corrected chi connectivity index (χ3v) is 2.57. The van der Waals surface area contributed by atoms with Crippen LogP contribution in [0.5, 0.6) is 0 Å². The fourth-order valence-corrected chi connectivity index (χ4v) is 1.45. The van der Waals surface area contributed by atoms with E-state index >= 15 is 0 Å². The van der Waals surface area contributed by atoms with Gasteiger partial charge >= 0.3 is 5.69 Å². The Morgan fingerprint density at radius 1 is 1.33 bits per heavy atom. The molecule has 0 bridgehead atoms. The van der Waals surface area contributed by atoms with Crippen LogP contribution in [0.15, 0.2) is 23.3 Å². The molecular formula is C12H16N4O5. The van der Waals surface area contributed by atoms with E-state index < -0.39 is 15.5 Å². The molecule has 1 N–H and O–H groups in total. The number of rotatable bonds is 8. The Balaban J connectivity index is 2.85. The summed E-state index contributed by atoms with van der Waals surface area (Å²) in [5.41, 5.74) is 2.62. The standard InChI is InChI=1S/C12H16N4O5/c1-3-21-7-6-9(2)13-14-11-5-4-10(15(17)18)8-12(11)16(19)20/h4-5,8,14H,3,6-7H2,1-2H3/b13-9+. The molecule has 0 saturated carbocycles. The predicted molar refractivity (Wildman–Crippen MR) is 77.6 cm³/mol. The highest BCUT2D eigenvalue weighted by atomic mass is 16.6. The van der Waals surface area contributed by atoms with Crippen LogP contribution in [0.3, 0.4) is 0 Å². The molecule has 0 amide bonds. The van der Waals surface area contributed by atoms with Gasteiger partial charge in [-0.15, -0.1) is 0 Å². The van der Waals surface area contributed by atoms with Gasteiger partial charge in [0.05, 0.1) is 22.5 Å². The van der Waals surface area contributed by atoms with Crippen molar-refractivity contribution in [2.45, 2.75) is 20.3 Å². The molecule has 21 heavy (non-hydrogen) atoms. The van der Waals surface area contributed by atoms with Crippen molar-refractivity contribution in [3.8, 4) is 0 Å². The van der Waals surface area contributed by atoms with Crippen LogP contribution >= 0.6 is 0 Å². The van der Waals surface area contributed by atoms with Gasteiger partial charge in [-0.3, -0.25) is 25.7 Å². The number of nitrogens with one attached hydrogen (secondary N) is 1. The number of hydrogen-bond donors (Lipinski definition) is 1. The van der Waals surface area contributed by atoms with Crippen LogP contribution < -0.4 is 5.43 Å². The number of nitrogens with zero attached hydrogens (tertiary/aromatic N) is 3. The molecule has 1 aromatic rings. The number of non-ortho nitro benzene ring substituents is 1. The Kier molecular flexibility index (Phi) is 6.21. The van der Waals surface area contributed by atoms with Crippen LogP contribution in [0.4, 0.5) is 17.1 Å². The van der Waals surface area contributed by atoms with Gasteiger partial charge < -0.3 is 4.74 Å². The molecule has 0 aromatic heterocycles. The predicted octanol–water partition coefficient (Wildman–Crippen LogP) is 2.72. The Morgan fingerprint density at radius 2 is 2.05 bits per heavy atom. The molecule has 114 valence electrons. The average Bonchev–Trinajstić information content (AvgIpc) is 2.45. The minimum atomic E-state index is -0.694. The van der Waals surface area contributed by atoms with Crippen molar-refractivity contribution in [2.75, 3.05) is 18.6 Å². The van der Waals surface area contributed by atoms with E-state index in [4.69, 9.17) is 4.74 Å². The molecule has 0 unspecified atom stereocenters. The molecule has 0 spiro atoms. The van der Waals surface area contributed by atoms with Gasteiger partial charge in [-0.25, -0.2) is 0 Å². The highest BCUT2D eigenvalue weighted by Crippen LogP contribution is 2.28. The summed E-state index contributed by atoms with van der Waals surface area (Å²) in [6.45, 7) is 4.75. The maximum atomic E-state index is 10.9. The minimum absolute atomic E-state index is 0.0985. The highest BCUT2D eigenvalue weighted by molar-refractivity contribution is 5.83. The van der Waals surface area contributed by atoms with Crippen molar-refractivity contribution in [3.63, 3.8) is 0 Å². The van der Waals surface area contributed by atoms with E-state index in [2.05, 4.69) is 10.5 Å². The number of nitro benzene ring substituents is 2. The summed E-state index contributed by atoms with van der Waals surface area (Å²) < 4.78 is 5.17. The van der Waals surface area contributed by atoms with Crippen molar-refractivity contribution in [1.29, 1.82) is 0 Å². The van der Waals surface area contributed by atoms with Crippen LogP contribution in [0.2, 0.25) is 0 Å². The smallest absolute Gasteiger partial charge is 0.301 e. The zero-order valence-corrected chi connectivity index (χ0v) is 11.7. The van der Waals surface area contributed by atoms with Gasteiger partial charge in [-0.1, -0.05) is 0 Å². The summed E-state index contributed by atoms with van der Waals surface area (Å²) >= 11 is 0. The fraction of sp³-hybridized carbons (Fsp3) is 0.417. The highest BCUT2D eigenvalue weighted by Gasteiger charge is 2.19. The SMILES string of the molecule is CCOCC/C(C)=N/Nc1ccc([N+](=O)[O-])cc1[N+](=O)[O-]. The van der Waals surface area contributed by atoms with E-state index in [9.17, 15) is 20.2 Å². The molecule has 0 aliphatic rings. The first-order valence-corrected chi connectivity index (χ1v) is 6.25. The summed E-state index contributed by atoms with van der Waals surface area (Å²) in [5.74, 6) is 0. The second-order valence-corrected chi connectivity index (χ2v) is 4.12. The van der Waals surface area contributed by atoms with Crippen molar-refractivity contribution >= 4 is 22.8 Å². The van der Waals surface area contributed by atoms with Crippen LogP contribution in [0.25, 0.3) is 0 Å². The summed E-state index contributed by atoms with van der Waals surface area (Å²) in [4.78, 5) is 20.2. The van der Waals surface area contributed by atoms with Crippen molar-refractivity contribution in [3.05, 3.63) is 38.4 Å². The van der Waals surface area contributed by atoms with Crippen molar-refractivity contribution < 1.29 is 14.6 Å². The molecule has 0 aliphatic heterocycles. The second kappa shape index (κ2) is 7.90. The molecule has 0 radical (unpaired) electrons. The minimum Gasteiger partial charge on any atom is -0.381 e. The van der Waals surface area contributed by atoms with E-state index in [1.165, 1.54) is 12.1 Å². The van der Waals surface area contributed by atoms with Gasteiger partial charge in [0.25, 0.3) is 5.69 Å². The van der Waals surface area contributed by atoms with Crippen molar-refractivity contribution in [1.82, 2.24) is 0 Å². The number of nitro groups is 2. The molecule has 0 atom stereocenters. The molecule has 9 heteroatoms. The van der Waals surface area contributed by atoms with E-state index in [1.54, 1.807) is 6.92 Å². The first kappa shape index (κ1) is 16.5. The van der Waals surface area contributed by atoms with Crippen LogP contribution in [-0.4, -0.2) is 28.8 Å². The topological polar surface area (TPSA) is 120 Å². The van der Waals surface area contributed by atoms with E-state index in [-0.39, 0.29) is 11.4 Å². The molecule has 1 aromatic carbocycles. The Hall–Kier alpha value is -2.55. The first-order chi connectivity index (χ1) is 9.95. The Morgan fingerprint density at radius 3 is 2.62 bits per heavy atom. The summed E-state index contributed by atoms with van der Waals surface area (Å²) in [6, 6.07) is 3.34. The van der Waals surface area contributed by atoms with Gasteiger partial charge in [0.1, 0.15) is 5.69 Å². The third kappa shape index (κ3) is 5.15. The van der Waals surface area contributed by atoms with E-state index in [1.807, 2.05) is 6.92 Å². The lowest BCUT2D eigenvalue weighted by molar-refractivity contribution is -0.393. The van der Waals surface area contributed by atoms with E-state index in [0.29, 0.717) is 25.3 Å². The monoisotopic (exact) mass is 296 g/mol. The quantitative estimate of drug-likeness (QED) is 0.341. The molecule has 0 fully saturated rings. The number of ether oxygens (including phenoxy) is 1. The maximum Gasteiger partial charge on any atom is 0.301 e. The van der Waals surface area contributed by atoms with Gasteiger partial charge in [0, 0.05) is 24.8 Å². The Labute approximate surface area is 120 Å². The lowest BCUT2D eigenvalue weighted by Crippen LogP contribution is -2.04. The van der Waals surface area contributed by atoms with Gasteiger partial charge in [0.15, 0.2) is 0 Å². The van der Waals surface area contributed by atoms with Gasteiger partial charge in [-0.2, -0.15) is 5.10 Å². The molecule has 0 aliphatic carbocycles. The number of hydrogen-bond acceptors (Lipinski definition) is 7. The van der Waals surface area contributed by atoms with Crippen LogP contribution in [0.1, 0.15) is 20.3 Å². The lowest BCUT2D eigenvalue weighted by atomic mass is 10.2. The first-order valence-electron chi connectivity index (χ1n) is 6.25. The largest absolute Gasteiger partial charge is 0.381 e. The third-order valence-electron chi connectivity index (χ3n) is 2.57. The lowest BCUT2D eigenvalue weighted by Gasteiger charge is -2.04.